The van der Waals surface area contributed by atoms with E-state index in [0.29, 0.717) is 38.9 Å². The molecule has 2 heterocycles. The Morgan fingerprint density at radius 1 is 0.549 bits per heavy atom. The molecule has 0 aromatic carbocycles. The van der Waals surface area contributed by atoms with Crippen LogP contribution >= 0.6 is 16.5 Å². The number of carbonyl (C=O) groups is 3. The highest BCUT2D eigenvalue weighted by Crippen LogP contribution is 2.41. The van der Waals surface area contributed by atoms with Crippen molar-refractivity contribution in [1.29, 1.82) is 0 Å². The molecule has 23 heteroatoms. The summed E-state index contributed by atoms with van der Waals surface area (Å²) in [6, 6.07) is -1.84. The second-order valence-corrected chi connectivity index (χ2v) is 26.3. The van der Waals surface area contributed by atoms with Gasteiger partial charge in [0.1, 0.15) is 42.3 Å². The summed E-state index contributed by atoms with van der Waals surface area (Å²) in [6.45, 7) is 11.2. The first-order valence-electron chi connectivity index (χ1n) is 35.7. The quantitative estimate of drug-likeness (QED) is 0.00701. The third kappa shape index (κ3) is 47.6. The third-order valence-electron chi connectivity index (χ3n) is 16.9. The Labute approximate surface area is 551 Å². The molecule has 0 aromatic rings. The van der Waals surface area contributed by atoms with Crippen molar-refractivity contribution < 1.29 is 91.5 Å². The maximum atomic E-state index is 13.0. The molecule has 2 rings (SSSR count). The van der Waals surface area contributed by atoms with Gasteiger partial charge in [0.2, 0.25) is 11.8 Å². The molecule has 0 radical (unpaired) electrons. The number of hydrogen-bond donors (Lipinski definition) is 8. The molecule has 0 bridgehead atoms. The summed E-state index contributed by atoms with van der Waals surface area (Å²) in [4.78, 5) is 57.3. The normalized spacial score (nSPS) is 22.1. The van der Waals surface area contributed by atoms with E-state index < -0.39 is 83.7 Å². The van der Waals surface area contributed by atoms with Crippen LogP contribution in [0.3, 0.4) is 0 Å². The molecule has 538 valence electrons. The smallest absolute Gasteiger partial charge is 0.396 e. The lowest BCUT2D eigenvalue weighted by atomic mass is 9.94. The van der Waals surface area contributed by atoms with Crippen LogP contribution in [-0.2, 0) is 61.1 Å². The number of aliphatic hydroxyl groups is 3. The molecule has 11 atom stereocenters. The van der Waals surface area contributed by atoms with Gasteiger partial charge in [0.25, 0.3) is 0 Å². The number of nitrogens with one attached hydrogen (secondary N) is 2. The van der Waals surface area contributed by atoms with Crippen LogP contribution in [0.4, 0.5) is 0 Å². The molecule has 91 heavy (non-hydrogen) atoms. The maximum Gasteiger partial charge on any atom is 0.472 e. The van der Waals surface area contributed by atoms with Crippen molar-refractivity contribution in [1.82, 2.24) is 10.6 Å². The molecule has 2 aliphatic rings. The summed E-state index contributed by atoms with van der Waals surface area (Å²) in [6.07, 6.45) is 40.6. The highest BCUT2D eigenvalue weighted by atomic mass is 31.2. The average molecular weight is 1340 g/mol. The first-order valence-corrected chi connectivity index (χ1v) is 38.0. The van der Waals surface area contributed by atoms with Gasteiger partial charge in [0, 0.05) is 46.9 Å². The molecule has 0 aromatic heterocycles. The zero-order valence-corrected chi connectivity index (χ0v) is 59.5. The van der Waals surface area contributed by atoms with Crippen LogP contribution in [0.15, 0.2) is 12.2 Å². The largest absolute Gasteiger partial charge is 0.472 e. The maximum absolute atomic E-state index is 13.0. The lowest BCUT2D eigenvalue weighted by molar-refractivity contribution is -0.267. The minimum Gasteiger partial charge on any atom is -0.396 e. The second kappa shape index (κ2) is 61.7. The SMILES string of the molecule is CCCCCC/C=C\CCCCCCCCCC(=O)N[C@H]1[C@H](OC)O[C@H](CCO)[C@@H](O)[C@@H]1OCC[C@@H](CCCCCCC)OC.CCCCCCCCCCCC(=O)CC(=O)N[C@H]1[C@@H](OP(=O)(O)O)OC(CC)[C@@H](O)[C@@H]1OCCCCCCCCCC.O=POO. The average Bonchev–Trinajstić information content (AvgIpc) is 0.852. The number of allylic oxidation sites excluding steroid dienone is 2. The van der Waals surface area contributed by atoms with Crippen molar-refractivity contribution >= 4 is 34.1 Å². The number of hydrogen-bond acceptors (Lipinski definition) is 17. The summed E-state index contributed by atoms with van der Waals surface area (Å²) < 4.78 is 63.5. The monoisotopic (exact) mass is 1340 g/mol. The Hall–Kier alpha value is -1.88. The van der Waals surface area contributed by atoms with E-state index in [1.165, 1.54) is 155 Å². The van der Waals surface area contributed by atoms with Gasteiger partial charge >= 0.3 is 16.5 Å². The van der Waals surface area contributed by atoms with E-state index >= 15 is 0 Å². The van der Waals surface area contributed by atoms with Crippen molar-refractivity contribution in [3.8, 4) is 0 Å². The molecule has 2 aliphatic heterocycles. The third-order valence-corrected chi connectivity index (χ3v) is 17.5. The van der Waals surface area contributed by atoms with Crippen LogP contribution in [0.1, 0.15) is 304 Å². The number of aliphatic hydroxyl groups excluding tert-OH is 3. The fraction of sp³-hybridized carbons (Fsp3) is 0.926. The zero-order chi connectivity index (χ0) is 67.6. The molecule has 0 saturated carbocycles. The highest BCUT2D eigenvalue weighted by Gasteiger charge is 2.49. The minimum absolute atomic E-state index is 0.0876. The van der Waals surface area contributed by atoms with E-state index in [1.807, 2.05) is 0 Å². The van der Waals surface area contributed by atoms with Gasteiger partial charge in [-0.2, -0.15) is 0 Å². The predicted molar refractivity (Wildman–Crippen MR) is 358 cm³/mol. The van der Waals surface area contributed by atoms with Crippen molar-refractivity contribution in [2.75, 3.05) is 34.0 Å². The Bertz CT molecular complexity index is 1790. The molecular formula is C68H132N2O19P2. The van der Waals surface area contributed by atoms with Gasteiger partial charge in [-0.1, -0.05) is 227 Å². The van der Waals surface area contributed by atoms with Gasteiger partial charge < -0.3 is 64.2 Å². The molecule has 0 spiro atoms. The Morgan fingerprint density at radius 3 is 1.44 bits per heavy atom. The minimum atomic E-state index is -4.99. The molecule has 21 nitrogen and oxygen atoms in total. The van der Waals surface area contributed by atoms with Crippen molar-refractivity contribution in [2.45, 2.75) is 372 Å². The Morgan fingerprint density at radius 2 is 0.967 bits per heavy atom. The van der Waals surface area contributed by atoms with Crippen LogP contribution in [0.25, 0.3) is 0 Å². The Kier molecular flexibility index (Phi) is 60.4. The van der Waals surface area contributed by atoms with Crippen LogP contribution < -0.4 is 10.6 Å². The van der Waals surface area contributed by atoms with Crippen LogP contribution in [0.5, 0.6) is 0 Å². The van der Waals surface area contributed by atoms with Gasteiger partial charge in [0.15, 0.2) is 12.6 Å². The Balaban J connectivity index is 0.00000168. The standard InChI is InChI=1S/C37H71NO7.C31H60NO9P.HO3P/c1-5-7-9-11-12-13-14-15-16-17-18-19-20-22-24-26-33(40)38-34-36(35(41)32(27-29-39)45-37(34)43-4)44-30-28-31(42-3)25-23-21-10-8-6-2;1-4-7-9-11-13-15-16-18-20-22-25(33)24-27(34)32-28-30(39-23-21-19-17-14-12-10-8-5-2)29(35)26(6-3)40-31(28)41-42(36,37)38;1-3-4-2/h13-14,31-32,34-37,39,41H,5-12,15-30H2,1-4H3,(H,38,40);26,28-31,35H,4-24H2,1-3H3,(H,32,34)(H2,36,37,38);1H/b14-13-;;/t31-,32-,34-,35-,36-,37-;26?,28-,29-,30-,31-;/m11./s1. The van der Waals surface area contributed by atoms with Gasteiger partial charge in [-0.05, 0) is 70.6 Å². The zero-order valence-electron chi connectivity index (χ0n) is 57.7. The van der Waals surface area contributed by atoms with Gasteiger partial charge in [0.05, 0.1) is 24.7 Å². The number of ketones is 1. The number of methoxy groups -OCH3 is 2. The topological polar surface area (TPSA) is 305 Å². The lowest BCUT2D eigenvalue weighted by Gasteiger charge is -2.44. The molecule has 8 N–H and O–H groups in total. The number of carbonyl (C=O) groups excluding carboxylic acids is 3. The van der Waals surface area contributed by atoms with Crippen molar-refractivity contribution in [3.05, 3.63) is 12.2 Å². The second-order valence-electron chi connectivity index (χ2n) is 24.8. The molecule has 1 unspecified atom stereocenters. The summed E-state index contributed by atoms with van der Waals surface area (Å²) in [5, 5.41) is 44.3. The van der Waals surface area contributed by atoms with Gasteiger partial charge in [-0.25, -0.2) is 14.4 Å². The fourth-order valence-corrected chi connectivity index (χ4v) is 12.0. The fourth-order valence-electron chi connectivity index (χ4n) is 11.6. The first-order chi connectivity index (χ1) is 44.1. The van der Waals surface area contributed by atoms with E-state index in [1.54, 1.807) is 14.0 Å². The van der Waals surface area contributed by atoms with E-state index in [4.69, 9.17) is 42.8 Å². The predicted octanol–water partition coefficient (Wildman–Crippen LogP) is 14.9. The highest BCUT2D eigenvalue weighted by molar-refractivity contribution is 7.46. The first kappa shape index (κ1) is 89.1. The number of unbranched alkanes of at least 4 members (excludes halogenated alkanes) is 30. The summed E-state index contributed by atoms with van der Waals surface area (Å²) >= 11 is 0. The summed E-state index contributed by atoms with van der Waals surface area (Å²) in [7, 11) is -2.43. The molecule has 2 fully saturated rings. The lowest BCUT2D eigenvalue weighted by Crippen LogP contribution is -2.64. The van der Waals surface area contributed by atoms with Crippen LogP contribution in [0.2, 0.25) is 0 Å². The van der Waals surface area contributed by atoms with Crippen molar-refractivity contribution in [3.63, 3.8) is 0 Å². The molecule has 2 amide bonds. The number of phosphoric acid groups is 1. The number of Topliss-reactive ketones (excluding diaryl/α,β-unsaturated/α-hetero) is 1. The summed E-state index contributed by atoms with van der Waals surface area (Å²) in [5.74, 6) is -0.912. The van der Waals surface area contributed by atoms with E-state index in [0.717, 1.165) is 83.5 Å². The van der Waals surface area contributed by atoms with Gasteiger partial charge in [-0.3, -0.25) is 18.9 Å². The van der Waals surface area contributed by atoms with E-state index in [-0.39, 0.29) is 37.2 Å². The van der Waals surface area contributed by atoms with E-state index in [2.05, 4.69) is 55.2 Å². The van der Waals surface area contributed by atoms with Gasteiger partial charge in [-0.15, -0.1) is 4.67 Å². The number of rotatable bonds is 57. The van der Waals surface area contributed by atoms with Crippen LogP contribution in [-0.4, -0.2) is 149 Å². The molecular weight excluding hydrogens is 1210 g/mol. The van der Waals surface area contributed by atoms with E-state index in [9.17, 15) is 44.1 Å². The summed E-state index contributed by atoms with van der Waals surface area (Å²) in [5.41, 5.74) is 0. The molecule has 2 saturated heterocycles. The van der Waals surface area contributed by atoms with Crippen molar-refractivity contribution in [2.24, 2.45) is 0 Å². The van der Waals surface area contributed by atoms with Crippen LogP contribution in [0, 0.1) is 0 Å². The molecule has 0 aliphatic carbocycles. The number of amides is 2. The number of phosphoric ester groups is 1. The number of ether oxygens (including phenoxy) is 6.